The van der Waals surface area contributed by atoms with Crippen molar-refractivity contribution < 1.29 is 9.53 Å². The Hall–Kier alpha value is -2.41. The summed E-state index contributed by atoms with van der Waals surface area (Å²) in [4.78, 5) is 12.4. The first kappa shape index (κ1) is 18.4. The van der Waals surface area contributed by atoms with E-state index in [9.17, 15) is 4.79 Å². The topological polar surface area (TPSA) is 81.1 Å². The maximum absolute atomic E-state index is 12.4. The summed E-state index contributed by atoms with van der Waals surface area (Å²) in [6.45, 7) is 3.97. The van der Waals surface area contributed by atoms with Gasteiger partial charge in [-0.1, -0.05) is 17.3 Å². The molecule has 2 N–H and O–H groups in total. The van der Waals surface area contributed by atoms with Crippen LogP contribution >= 0.6 is 0 Å². The van der Waals surface area contributed by atoms with Gasteiger partial charge in [-0.25, -0.2) is 4.68 Å². The molecule has 0 aliphatic carbocycles. The van der Waals surface area contributed by atoms with Gasteiger partial charge in [-0.15, -0.1) is 5.10 Å². The normalized spacial score (nSPS) is 16.2. The van der Waals surface area contributed by atoms with E-state index >= 15 is 0 Å². The Kier molecular flexibility index (Phi) is 6.22. The zero-order chi connectivity index (χ0) is 18.4. The molecule has 7 nitrogen and oxygen atoms in total. The molecule has 1 aliphatic rings. The molecule has 1 amide bonds. The van der Waals surface area contributed by atoms with Crippen LogP contribution in [0.15, 0.2) is 30.5 Å². The zero-order valence-corrected chi connectivity index (χ0v) is 15.4. The van der Waals surface area contributed by atoms with Crippen LogP contribution in [0, 0.1) is 0 Å². The number of amides is 1. The van der Waals surface area contributed by atoms with Crippen molar-refractivity contribution in [2.75, 3.05) is 20.2 Å². The summed E-state index contributed by atoms with van der Waals surface area (Å²) >= 11 is 0. The number of aryl methyl sites for hydroxylation is 1. The number of hydrogen-bond donors (Lipinski definition) is 2. The molecular weight excluding hydrogens is 330 g/mol. The highest BCUT2D eigenvalue weighted by molar-refractivity contribution is 5.92. The summed E-state index contributed by atoms with van der Waals surface area (Å²) in [5, 5.41) is 14.5. The molecule has 140 valence electrons. The summed E-state index contributed by atoms with van der Waals surface area (Å²) in [5.74, 6) is 0.694. The van der Waals surface area contributed by atoms with Gasteiger partial charge in [0, 0.05) is 6.04 Å². The van der Waals surface area contributed by atoms with Crippen LogP contribution in [0.2, 0.25) is 0 Å². The van der Waals surface area contributed by atoms with E-state index in [2.05, 4.69) is 33.1 Å². The van der Waals surface area contributed by atoms with Gasteiger partial charge in [0.1, 0.15) is 5.75 Å². The smallest absolute Gasteiger partial charge is 0.273 e. The number of ether oxygens (including phenoxy) is 1. The number of nitrogens with zero attached hydrogens (tertiary/aromatic N) is 3. The summed E-state index contributed by atoms with van der Waals surface area (Å²) in [7, 11) is 1.66. The molecule has 1 atom stereocenters. The first-order valence-corrected chi connectivity index (χ1v) is 9.22. The molecular formula is C19H27N5O2. The minimum atomic E-state index is -0.160. The molecule has 1 saturated heterocycles. The lowest BCUT2D eigenvalue weighted by Gasteiger charge is -2.22. The van der Waals surface area contributed by atoms with Gasteiger partial charge in [-0.05, 0) is 63.4 Å². The molecule has 0 spiro atoms. The van der Waals surface area contributed by atoms with Gasteiger partial charge < -0.3 is 15.4 Å². The highest BCUT2D eigenvalue weighted by Gasteiger charge is 2.19. The second kappa shape index (κ2) is 8.80. The first-order valence-electron chi connectivity index (χ1n) is 9.22. The lowest BCUT2D eigenvalue weighted by molar-refractivity contribution is 0.0933. The molecule has 7 heteroatoms. The fourth-order valence-electron chi connectivity index (χ4n) is 3.18. The molecule has 3 rings (SSSR count). The molecule has 1 fully saturated rings. The number of nitrogens with one attached hydrogen (secondary N) is 2. The quantitative estimate of drug-likeness (QED) is 0.792. The van der Waals surface area contributed by atoms with Crippen molar-refractivity contribution in [2.24, 2.45) is 0 Å². The molecule has 0 saturated carbocycles. The Bertz CT molecular complexity index is 707. The third kappa shape index (κ3) is 4.82. The number of rotatable bonds is 7. The standard InChI is InChI=1S/C19H27N5O2/c1-14(3-4-15-5-7-17(26-2)8-6-15)21-19(25)18-13-24(23-22-18)16-9-11-20-12-10-16/h5-8,13-14,16,20H,3-4,9-12H2,1-2H3,(H,21,25). The van der Waals surface area contributed by atoms with Gasteiger partial charge in [0.2, 0.25) is 0 Å². The van der Waals surface area contributed by atoms with Crippen molar-refractivity contribution in [3.05, 3.63) is 41.7 Å². The highest BCUT2D eigenvalue weighted by Crippen LogP contribution is 2.17. The highest BCUT2D eigenvalue weighted by atomic mass is 16.5. The first-order chi connectivity index (χ1) is 12.7. The number of methoxy groups -OCH3 is 1. The van der Waals surface area contributed by atoms with E-state index in [1.54, 1.807) is 13.3 Å². The lowest BCUT2D eigenvalue weighted by Crippen LogP contribution is -2.33. The molecule has 0 radical (unpaired) electrons. The van der Waals surface area contributed by atoms with Crippen LogP contribution in [-0.4, -0.2) is 47.1 Å². The molecule has 1 aromatic heterocycles. The van der Waals surface area contributed by atoms with Crippen LogP contribution in [0.4, 0.5) is 0 Å². The molecule has 1 aliphatic heterocycles. The Morgan fingerprint density at radius 3 is 2.77 bits per heavy atom. The minimum Gasteiger partial charge on any atom is -0.497 e. The van der Waals surface area contributed by atoms with Crippen molar-refractivity contribution in [1.82, 2.24) is 25.6 Å². The van der Waals surface area contributed by atoms with Gasteiger partial charge in [0.15, 0.2) is 5.69 Å². The van der Waals surface area contributed by atoms with Crippen molar-refractivity contribution >= 4 is 5.91 Å². The average molecular weight is 357 g/mol. The summed E-state index contributed by atoms with van der Waals surface area (Å²) in [5.41, 5.74) is 1.61. The van der Waals surface area contributed by atoms with E-state index in [4.69, 9.17) is 4.74 Å². The van der Waals surface area contributed by atoms with Crippen LogP contribution in [0.5, 0.6) is 5.75 Å². The van der Waals surface area contributed by atoms with Crippen molar-refractivity contribution in [2.45, 2.75) is 44.7 Å². The third-order valence-corrected chi connectivity index (χ3v) is 4.83. The van der Waals surface area contributed by atoms with Crippen LogP contribution in [0.3, 0.4) is 0 Å². The molecule has 26 heavy (non-hydrogen) atoms. The zero-order valence-electron chi connectivity index (χ0n) is 15.4. The minimum absolute atomic E-state index is 0.0635. The Morgan fingerprint density at radius 2 is 2.08 bits per heavy atom. The maximum Gasteiger partial charge on any atom is 0.273 e. The maximum atomic E-state index is 12.4. The van der Waals surface area contributed by atoms with Crippen LogP contribution < -0.4 is 15.4 Å². The molecule has 1 unspecified atom stereocenters. The number of hydrogen-bond acceptors (Lipinski definition) is 5. The third-order valence-electron chi connectivity index (χ3n) is 4.83. The Labute approximate surface area is 154 Å². The molecule has 1 aromatic carbocycles. The SMILES string of the molecule is COc1ccc(CCC(C)NC(=O)c2cn(C3CCNCC3)nn2)cc1. The van der Waals surface area contributed by atoms with Crippen LogP contribution in [0.1, 0.15) is 48.3 Å². The summed E-state index contributed by atoms with van der Waals surface area (Å²) in [6.07, 6.45) is 5.56. The van der Waals surface area contributed by atoms with E-state index in [1.165, 1.54) is 5.56 Å². The van der Waals surface area contributed by atoms with Gasteiger partial charge in [-0.3, -0.25) is 4.79 Å². The van der Waals surface area contributed by atoms with Gasteiger partial charge >= 0.3 is 0 Å². The number of carbonyl (C=O) groups is 1. The van der Waals surface area contributed by atoms with Crippen molar-refractivity contribution in [3.8, 4) is 5.75 Å². The number of aromatic nitrogens is 3. The van der Waals surface area contributed by atoms with E-state index < -0.39 is 0 Å². The second-order valence-electron chi connectivity index (χ2n) is 6.83. The van der Waals surface area contributed by atoms with Gasteiger partial charge in [0.25, 0.3) is 5.91 Å². The Morgan fingerprint density at radius 1 is 1.35 bits per heavy atom. The van der Waals surface area contributed by atoms with E-state index in [0.717, 1.165) is 44.5 Å². The van der Waals surface area contributed by atoms with E-state index in [-0.39, 0.29) is 11.9 Å². The second-order valence-corrected chi connectivity index (χ2v) is 6.83. The largest absolute Gasteiger partial charge is 0.497 e. The van der Waals surface area contributed by atoms with E-state index in [0.29, 0.717) is 11.7 Å². The van der Waals surface area contributed by atoms with Gasteiger partial charge in [0.05, 0.1) is 19.3 Å². The fourth-order valence-corrected chi connectivity index (χ4v) is 3.18. The van der Waals surface area contributed by atoms with E-state index in [1.807, 2.05) is 23.7 Å². The lowest BCUT2D eigenvalue weighted by atomic mass is 10.1. The molecule has 0 bridgehead atoms. The number of benzene rings is 1. The van der Waals surface area contributed by atoms with Crippen molar-refractivity contribution in [3.63, 3.8) is 0 Å². The molecule has 2 aromatic rings. The predicted molar refractivity (Wildman–Crippen MR) is 99.4 cm³/mol. The Balaban J connectivity index is 1.48. The predicted octanol–water partition coefficient (Wildman–Crippen LogP) is 1.96. The van der Waals surface area contributed by atoms with Crippen LogP contribution in [-0.2, 0) is 6.42 Å². The fraction of sp³-hybridized carbons (Fsp3) is 0.526. The van der Waals surface area contributed by atoms with Crippen LogP contribution in [0.25, 0.3) is 0 Å². The van der Waals surface area contributed by atoms with Crippen molar-refractivity contribution in [1.29, 1.82) is 0 Å². The monoisotopic (exact) mass is 357 g/mol. The average Bonchev–Trinajstić information content (AvgIpc) is 3.18. The summed E-state index contributed by atoms with van der Waals surface area (Å²) < 4.78 is 7.00. The van der Waals surface area contributed by atoms with Gasteiger partial charge in [-0.2, -0.15) is 0 Å². The summed E-state index contributed by atoms with van der Waals surface area (Å²) in [6, 6.07) is 8.41. The number of carbonyl (C=O) groups excluding carboxylic acids is 1. The molecule has 2 heterocycles. The number of piperidine rings is 1.